The first-order chi connectivity index (χ1) is 12.8. The van der Waals surface area contributed by atoms with Crippen LogP contribution in [0.25, 0.3) is 0 Å². The molecule has 1 aromatic heterocycles. The fraction of sp³-hybridized carbons (Fsp3) is 0.368. The third kappa shape index (κ3) is 5.03. The number of hydrogen-bond donors (Lipinski definition) is 2. The van der Waals surface area contributed by atoms with E-state index in [1.54, 1.807) is 19.9 Å². The van der Waals surface area contributed by atoms with Gasteiger partial charge in [-0.1, -0.05) is 0 Å². The lowest BCUT2D eigenvalue weighted by molar-refractivity contribution is -0.117. The molecule has 1 atom stereocenters. The maximum atomic E-state index is 13.6. The summed E-state index contributed by atoms with van der Waals surface area (Å²) in [7, 11) is 0. The number of benzene rings is 1. The first-order valence-corrected chi connectivity index (χ1v) is 9.45. The Bertz CT molecular complexity index is 865. The number of carbonyl (C=O) groups is 2. The highest BCUT2D eigenvalue weighted by molar-refractivity contribution is 7.18. The molecule has 2 N–H and O–H groups in total. The Morgan fingerprint density at radius 3 is 2.70 bits per heavy atom. The Balaban J connectivity index is 1.54. The quantitative estimate of drug-likeness (QED) is 0.749. The van der Waals surface area contributed by atoms with Crippen LogP contribution in [-0.2, 0) is 4.79 Å². The molecule has 1 saturated carbocycles. The summed E-state index contributed by atoms with van der Waals surface area (Å²) in [5.41, 5.74) is 0.765. The van der Waals surface area contributed by atoms with Crippen molar-refractivity contribution in [3.8, 4) is 5.75 Å². The van der Waals surface area contributed by atoms with Gasteiger partial charge in [0.15, 0.2) is 11.6 Å². The van der Waals surface area contributed by atoms with Crippen LogP contribution < -0.4 is 15.4 Å². The number of amides is 2. The fourth-order valence-corrected chi connectivity index (χ4v) is 3.45. The van der Waals surface area contributed by atoms with E-state index in [4.69, 9.17) is 4.74 Å². The molecule has 0 aliphatic heterocycles. The molecule has 2 aromatic rings. The predicted molar refractivity (Wildman–Crippen MR) is 99.2 cm³/mol. The Kier molecular flexibility index (Phi) is 5.74. The number of aryl methyl sites for hydroxylation is 1. The van der Waals surface area contributed by atoms with E-state index >= 15 is 0 Å². The Morgan fingerprint density at radius 2 is 2.04 bits per heavy atom. The van der Waals surface area contributed by atoms with Crippen molar-refractivity contribution < 1.29 is 23.1 Å². The van der Waals surface area contributed by atoms with Crippen LogP contribution in [0.3, 0.4) is 0 Å². The summed E-state index contributed by atoms with van der Waals surface area (Å²) in [4.78, 5) is 24.8. The van der Waals surface area contributed by atoms with Crippen LogP contribution in [0.5, 0.6) is 5.75 Å². The van der Waals surface area contributed by atoms with Gasteiger partial charge in [-0.25, -0.2) is 8.78 Å². The summed E-state index contributed by atoms with van der Waals surface area (Å²) in [6.07, 6.45) is 1.82. The Hall–Kier alpha value is -2.48. The van der Waals surface area contributed by atoms with Crippen molar-refractivity contribution in [2.24, 2.45) is 5.92 Å². The summed E-state index contributed by atoms with van der Waals surface area (Å²) in [6, 6.07) is 4.43. The van der Waals surface area contributed by atoms with E-state index in [1.165, 1.54) is 17.4 Å². The van der Waals surface area contributed by atoms with Gasteiger partial charge in [0.2, 0.25) is 5.91 Å². The lowest BCUT2D eigenvalue weighted by Crippen LogP contribution is -2.36. The van der Waals surface area contributed by atoms with Crippen LogP contribution in [-0.4, -0.2) is 24.5 Å². The topological polar surface area (TPSA) is 67.4 Å². The summed E-state index contributed by atoms with van der Waals surface area (Å²) < 4.78 is 31.8. The number of ether oxygens (including phenoxy) is 1. The number of thiophene rings is 1. The van der Waals surface area contributed by atoms with Crippen molar-refractivity contribution in [1.82, 2.24) is 5.32 Å². The van der Waals surface area contributed by atoms with Gasteiger partial charge in [0.25, 0.3) is 5.91 Å². The molecular formula is C19H20F2N2O3S. The van der Waals surface area contributed by atoms with E-state index in [2.05, 4.69) is 10.6 Å². The second kappa shape index (κ2) is 8.04. The first kappa shape index (κ1) is 19.3. The standard InChI is InChI=1S/C19H20F2N2O3S/c1-10-7-16(23-18(24)12-3-4-12)27-17(10)19(25)22-11(2)9-26-15-6-5-13(20)8-14(15)21/h5-8,11-12H,3-4,9H2,1-2H3,(H,22,25)(H,23,24). The van der Waals surface area contributed by atoms with Crippen molar-refractivity contribution in [2.45, 2.75) is 32.7 Å². The van der Waals surface area contributed by atoms with E-state index in [9.17, 15) is 18.4 Å². The number of rotatable bonds is 7. The maximum absolute atomic E-state index is 13.6. The minimum Gasteiger partial charge on any atom is -0.488 e. The molecule has 0 radical (unpaired) electrons. The van der Waals surface area contributed by atoms with Gasteiger partial charge in [0, 0.05) is 12.0 Å². The molecule has 8 heteroatoms. The molecule has 27 heavy (non-hydrogen) atoms. The lowest BCUT2D eigenvalue weighted by atomic mass is 10.2. The summed E-state index contributed by atoms with van der Waals surface area (Å²) in [5.74, 6) is -1.76. The van der Waals surface area contributed by atoms with E-state index in [-0.39, 0.29) is 30.1 Å². The molecule has 0 bridgehead atoms. The molecule has 3 rings (SSSR count). The molecule has 1 aromatic carbocycles. The smallest absolute Gasteiger partial charge is 0.262 e. The van der Waals surface area contributed by atoms with Crippen LogP contribution in [0.15, 0.2) is 24.3 Å². The van der Waals surface area contributed by atoms with Crippen molar-refractivity contribution in [3.63, 3.8) is 0 Å². The van der Waals surface area contributed by atoms with E-state index in [0.717, 1.165) is 30.5 Å². The molecule has 1 unspecified atom stereocenters. The van der Waals surface area contributed by atoms with Gasteiger partial charge in [-0.15, -0.1) is 11.3 Å². The molecule has 1 aliphatic carbocycles. The van der Waals surface area contributed by atoms with Gasteiger partial charge >= 0.3 is 0 Å². The zero-order chi connectivity index (χ0) is 19.6. The van der Waals surface area contributed by atoms with Crippen molar-refractivity contribution >= 4 is 28.2 Å². The van der Waals surface area contributed by atoms with E-state index < -0.39 is 17.7 Å². The van der Waals surface area contributed by atoms with E-state index in [0.29, 0.717) is 9.88 Å². The molecule has 1 aliphatic rings. The minimum absolute atomic E-state index is 0.00805. The number of nitrogens with one attached hydrogen (secondary N) is 2. The van der Waals surface area contributed by atoms with Gasteiger partial charge in [-0.2, -0.15) is 0 Å². The Labute approximate surface area is 159 Å². The molecule has 2 amide bonds. The van der Waals surface area contributed by atoms with Crippen LogP contribution in [0.4, 0.5) is 13.8 Å². The van der Waals surface area contributed by atoms with Crippen molar-refractivity contribution in [3.05, 3.63) is 46.3 Å². The number of halogens is 2. The number of anilines is 1. The molecule has 0 saturated heterocycles. The third-order valence-electron chi connectivity index (χ3n) is 4.08. The first-order valence-electron chi connectivity index (χ1n) is 8.63. The molecule has 1 fully saturated rings. The summed E-state index contributed by atoms with van der Waals surface area (Å²) in [6.45, 7) is 3.55. The van der Waals surface area contributed by atoms with Crippen LogP contribution in [0.2, 0.25) is 0 Å². The average Bonchev–Trinajstić information content (AvgIpc) is 3.38. The third-order valence-corrected chi connectivity index (χ3v) is 5.23. The predicted octanol–water partition coefficient (Wildman–Crippen LogP) is 3.88. The average molecular weight is 394 g/mol. The SMILES string of the molecule is Cc1cc(NC(=O)C2CC2)sc1C(=O)NC(C)COc1ccc(F)cc1F. The monoisotopic (exact) mass is 394 g/mol. The van der Waals surface area contributed by atoms with Gasteiger partial charge < -0.3 is 15.4 Å². The Morgan fingerprint density at radius 1 is 1.30 bits per heavy atom. The molecule has 1 heterocycles. The van der Waals surface area contributed by atoms with Crippen LogP contribution >= 0.6 is 11.3 Å². The maximum Gasteiger partial charge on any atom is 0.262 e. The second-order valence-electron chi connectivity index (χ2n) is 6.65. The largest absolute Gasteiger partial charge is 0.488 e. The van der Waals surface area contributed by atoms with Gasteiger partial charge in [-0.05, 0) is 50.5 Å². The van der Waals surface area contributed by atoms with Gasteiger partial charge in [0.1, 0.15) is 12.4 Å². The zero-order valence-corrected chi connectivity index (χ0v) is 15.8. The second-order valence-corrected chi connectivity index (χ2v) is 7.70. The molecular weight excluding hydrogens is 374 g/mol. The molecule has 5 nitrogen and oxygen atoms in total. The minimum atomic E-state index is -0.793. The van der Waals surface area contributed by atoms with E-state index in [1.807, 2.05) is 0 Å². The van der Waals surface area contributed by atoms with Crippen molar-refractivity contribution in [2.75, 3.05) is 11.9 Å². The fourth-order valence-electron chi connectivity index (χ4n) is 2.48. The molecule has 0 spiro atoms. The lowest BCUT2D eigenvalue weighted by Gasteiger charge is -2.15. The van der Waals surface area contributed by atoms with Crippen LogP contribution in [0, 0.1) is 24.5 Å². The highest BCUT2D eigenvalue weighted by Crippen LogP contribution is 2.32. The number of carbonyl (C=O) groups excluding carboxylic acids is 2. The van der Waals surface area contributed by atoms with Gasteiger partial charge in [0.05, 0.1) is 15.9 Å². The molecule has 144 valence electrons. The van der Waals surface area contributed by atoms with Gasteiger partial charge in [-0.3, -0.25) is 9.59 Å². The summed E-state index contributed by atoms with van der Waals surface area (Å²) >= 11 is 1.22. The number of hydrogen-bond acceptors (Lipinski definition) is 4. The zero-order valence-electron chi connectivity index (χ0n) is 15.0. The van der Waals surface area contributed by atoms with Crippen LogP contribution in [0.1, 0.15) is 35.0 Å². The highest BCUT2D eigenvalue weighted by Gasteiger charge is 2.30. The highest BCUT2D eigenvalue weighted by atomic mass is 32.1. The summed E-state index contributed by atoms with van der Waals surface area (Å²) in [5, 5.41) is 6.26. The van der Waals surface area contributed by atoms with Crippen molar-refractivity contribution in [1.29, 1.82) is 0 Å². The normalized spacial score (nSPS) is 14.5.